The van der Waals surface area contributed by atoms with E-state index >= 15 is 0 Å². The number of carbonyl (C=O) groups is 2. The average Bonchev–Trinajstić information content (AvgIpc) is 2.48. The molecule has 3 N–H and O–H groups in total. The summed E-state index contributed by atoms with van der Waals surface area (Å²) < 4.78 is 0. The number of nitrogens with one attached hydrogen (secondary N) is 1. The van der Waals surface area contributed by atoms with Crippen LogP contribution in [-0.4, -0.2) is 36.5 Å². The van der Waals surface area contributed by atoms with Gasteiger partial charge in [-0.05, 0) is 25.2 Å². The summed E-state index contributed by atoms with van der Waals surface area (Å²) in [6, 6.07) is 0.0173. The zero-order valence-corrected chi connectivity index (χ0v) is 12.3. The molecule has 1 heterocycles. The van der Waals surface area contributed by atoms with Gasteiger partial charge in [0.05, 0.1) is 0 Å². The number of rotatable bonds is 4. The molecule has 1 saturated heterocycles. The summed E-state index contributed by atoms with van der Waals surface area (Å²) in [7, 11) is 0. The lowest BCUT2D eigenvalue weighted by atomic mass is 9.87. The molecule has 20 heavy (non-hydrogen) atoms. The molecule has 0 bridgehead atoms. The van der Waals surface area contributed by atoms with Crippen LogP contribution >= 0.6 is 0 Å². The van der Waals surface area contributed by atoms with Gasteiger partial charge in [-0.1, -0.05) is 32.1 Å². The van der Waals surface area contributed by atoms with Crippen molar-refractivity contribution in [3.8, 4) is 0 Å². The number of amides is 3. The van der Waals surface area contributed by atoms with Gasteiger partial charge in [0.15, 0.2) is 0 Å². The van der Waals surface area contributed by atoms with Crippen molar-refractivity contribution in [2.75, 3.05) is 19.6 Å². The molecule has 0 atom stereocenters. The van der Waals surface area contributed by atoms with Crippen LogP contribution in [0.25, 0.3) is 0 Å². The maximum absolute atomic E-state index is 12.0. The molecular weight excluding hydrogens is 254 g/mol. The molecule has 3 amide bonds. The van der Waals surface area contributed by atoms with E-state index in [-0.39, 0.29) is 17.9 Å². The Morgan fingerprint density at radius 3 is 2.30 bits per heavy atom. The minimum absolute atomic E-state index is 0.0173. The van der Waals surface area contributed by atoms with Crippen molar-refractivity contribution in [1.29, 1.82) is 0 Å². The fourth-order valence-electron chi connectivity index (χ4n) is 3.34. The molecule has 2 aliphatic rings. The normalized spacial score (nSPS) is 21.7. The van der Waals surface area contributed by atoms with Crippen LogP contribution in [0.15, 0.2) is 0 Å². The number of urea groups is 1. The summed E-state index contributed by atoms with van der Waals surface area (Å²) in [4.78, 5) is 24.9. The molecule has 5 heteroatoms. The number of piperidine rings is 1. The van der Waals surface area contributed by atoms with Crippen molar-refractivity contribution in [2.24, 2.45) is 17.6 Å². The van der Waals surface area contributed by atoms with Crippen LogP contribution in [0.1, 0.15) is 51.4 Å². The van der Waals surface area contributed by atoms with Crippen LogP contribution in [0.2, 0.25) is 0 Å². The predicted molar refractivity (Wildman–Crippen MR) is 78.1 cm³/mol. The van der Waals surface area contributed by atoms with Crippen molar-refractivity contribution in [1.82, 2.24) is 10.2 Å². The van der Waals surface area contributed by atoms with Crippen LogP contribution in [-0.2, 0) is 4.79 Å². The zero-order chi connectivity index (χ0) is 14.4. The lowest BCUT2D eigenvalue weighted by molar-refractivity contribution is -0.123. The maximum Gasteiger partial charge on any atom is 0.317 e. The summed E-state index contributed by atoms with van der Waals surface area (Å²) in [5, 5.41) is 3.01. The van der Waals surface area contributed by atoms with Crippen LogP contribution in [0.5, 0.6) is 0 Å². The molecule has 0 spiro atoms. The molecule has 0 aromatic rings. The number of likely N-dealkylation sites (tertiary alicyclic amines) is 1. The molecule has 1 saturated carbocycles. The van der Waals surface area contributed by atoms with E-state index in [9.17, 15) is 9.59 Å². The SMILES string of the molecule is NC(=O)C1CCN(C(=O)NCCC2CCCCC2)CC1. The molecule has 0 aromatic heterocycles. The van der Waals surface area contributed by atoms with Gasteiger partial charge in [0.2, 0.25) is 5.91 Å². The first-order valence-corrected chi connectivity index (χ1v) is 7.99. The first-order valence-electron chi connectivity index (χ1n) is 7.99. The highest BCUT2D eigenvalue weighted by atomic mass is 16.2. The standard InChI is InChI=1S/C15H27N3O2/c16-14(19)13-7-10-18(11-8-13)15(20)17-9-6-12-4-2-1-3-5-12/h12-13H,1-11H2,(H2,16,19)(H,17,20). The van der Waals surface area contributed by atoms with Gasteiger partial charge in [-0.15, -0.1) is 0 Å². The highest BCUT2D eigenvalue weighted by molar-refractivity contribution is 5.78. The molecule has 114 valence electrons. The Labute approximate surface area is 121 Å². The molecule has 1 aliphatic heterocycles. The van der Waals surface area contributed by atoms with Gasteiger partial charge in [-0.2, -0.15) is 0 Å². The Morgan fingerprint density at radius 1 is 1.05 bits per heavy atom. The fraction of sp³-hybridized carbons (Fsp3) is 0.867. The second kappa shape index (κ2) is 7.50. The first-order chi connectivity index (χ1) is 9.66. The topological polar surface area (TPSA) is 75.4 Å². The number of primary amides is 1. The summed E-state index contributed by atoms with van der Waals surface area (Å²) >= 11 is 0. The van der Waals surface area contributed by atoms with Crippen LogP contribution in [0, 0.1) is 11.8 Å². The van der Waals surface area contributed by atoms with Gasteiger partial charge in [-0.3, -0.25) is 4.79 Å². The number of nitrogens with two attached hydrogens (primary N) is 1. The Balaban J connectivity index is 1.61. The zero-order valence-electron chi connectivity index (χ0n) is 12.3. The quantitative estimate of drug-likeness (QED) is 0.825. The molecule has 2 rings (SSSR count). The third kappa shape index (κ3) is 4.39. The Bertz CT molecular complexity index is 332. The third-order valence-corrected chi connectivity index (χ3v) is 4.74. The summed E-state index contributed by atoms with van der Waals surface area (Å²) in [6.07, 6.45) is 9.20. The summed E-state index contributed by atoms with van der Waals surface area (Å²) in [5.74, 6) is 0.508. The minimum Gasteiger partial charge on any atom is -0.369 e. The Hall–Kier alpha value is -1.26. The van der Waals surface area contributed by atoms with Gasteiger partial charge >= 0.3 is 6.03 Å². The van der Waals surface area contributed by atoms with E-state index in [1.165, 1.54) is 32.1 Å². The van der Waals surface area contributed by atoms with E-state index < -0.39 is 0 Å². The molecule has 2 fully saturated rings. The van der Waals surface area contributed by atoms with Crippen molar-refractivity contribution in [2.45, 2.75) is 51.4 Å². The number of nitrogens with zero attached hydrogens (tertiary/aromatic N) is 1. The largest absolute Gasteiger partial charge is 0.369 e. The van der Waals surface area contributed by atoms with Crippen molar-refractivity contribution in [3.05, 3.63) is 0 Å². The van der Waals surface area contributed by atoms with Gasteiger partial charge in [0, 0.05) is 25.6 Å². The van der Waals surface area contributed by atoms with E-state index in [1.54, 1.807) is 4.90 Å². The Kier molecular flexibility index (Phi) is 5.68. The minimum atomic E-state index is -0.234. The molecule has 0 radical (unpaired) electrons. The average molecular weight is 281 g/mol. The molecule has 0 aromatic carbocycles. The van der Waals surface area contributed by atoms with Crippen LogP contribution in [0.4, 0.5) is 4.79 Å². The summed E-state index contributed by atoms with van der Waals surface area (Å²) in [5.41, 5.74) is 5.29. The second-order valence-corrected chi connectivity index (χ2v) is 6.19. The van der Waals surface area contributed by atoms with Crippen molar-refractivity contribution < 1.29 is 9.59 Å². The van der Waals surface area contributed by atoms with Crippen LogP contribution < -0.4 is 11.1 Å². The number of hydrogen-bond acceptors (Lipinski definition) is 2. The van der Waals surface area contributed by atoms with Crippen molar-refractivity contribution in [3.63, 3.8) is 0 Å². The molecule has 0 unspecified atom stereocenters. The number of hydrogen-bond donors (Lipinski definition) is 2. The van der Waals surface area contributed by atoms with Crippen LogP contribution in [0.3, 0.4) is 0 Å². The van der Waals surface area contributed by atoms with Gasteiger partial charge in [-0.25, -0.2) is 4.79 Å². The van der Waals surface area contributed by atoms with E-state index in [0.717, 1.165) is 18.9 Å². The van der Waals surface area contributed by atoms with Crippen molar-refractivity contribution >= 4 is 11.9 Å². The van der Waals surface area contributed by atoms with E-state index in [1.807, 2.05) is 0 Å². The van der Waals surface area contributed by atoms with E-state index in [0.29, 0.717) is 25.9 Å². The lowest BCUT2D eigenvalue weighted by Crippen LogP contribution is -2.46. The molecule has 1 aliphatic carbocycles. The summed E-state index contributed by atoms with van der Waals surface area (Å²) in [6.45, 7) is 2.06. The highest BCUT2D eigenvalue weighted by Crippen LogP contribution is 2.25. The van der Waals surface area contributed by atoms with Gasteiger partial charge < -0.3 is 16.0 Å². The van der Waals surface area contributed by atoms with Gasteiger partial charge in [0.1, 0.15) is 0 Å². The predicted octanol–water partition coefficient (Wildman–Crippen LogP) is 1.86. The molecular formula is C15H27N3O2. The van der Waals surface area contributed by atoms with E-state index in [2.05, 4.69) is 5.32 Å². The second-order valence-electron chi connectivity index (χ2n) is 6.19. The van der Waals surface area contributed by atoms with Gasteiger partial charge in [0.25, 0.3) is 0 Å². The fourth-order valence-corrected chi connectivity index (χ4v) is 3.34. The van der Waals surface area contributed by atoms with E-state index in [4.69, 9.17) is 5.73 Å². The highest BCUT2D eigenvalue weighted by Gasteiger charge is 2.25. The lowest BCUT2D eigenvalue weighted by Gasteiger charge is -2.31. The Morgan fingerprint density at radius 2 is 1.70 bits per heavy atom. The first kappa shape index (κ1) is 15.1. The maximum atomic E-state index is 12.0. The number of carbonyl (C=O) groups excluding carboxylic acids is 2. The monoisotopic (exact) mass is 281 g/mol. The molecule has 5 nitrogen and oxygen atoms in total. The third-order valence-electron chi connectivity index (χ3n) is 4.74. The smallest absolute Gasteiger partial charge is 0.317 e.